The van der Waals surface area contributed by atoms with Crippen LogP contribution >= 0.6 is 11.8 Å². The molecule has 0 fully saturated rings. The Morgan fingerprint density at radius 3 is 2.58 bits per heavy atom. The summed E-state index contributed by atoms with van der Waals surface area (Å²) in [6, 6.07) is 0. The topological polar surface area (TPSA) is 46.8 Å². The molecule has 0 aliphatic carbocycles. The van der Waals surface area contributed by atoms with Crippen molar-refractivity contribution < 1.29 is 0 Å². The van der Waals surface area contributed by atoms with Crippen LogP contribution in [0.25, 0.3) is 11.4 Å². The molecular weight excluding hydrogens is 258 g/mol. The Bertz CT molecular complexity index is 506. The molecule has 0 spiro atoms. The Labute approximate surface area is 118 Å². The van der Waals surface area contributed by atoms with Gasteiger partial charge in [-0.1, -0.05) is 18.7 Å². The highest BCUT2D eigenvalue weighted by molar-refractivity contribution is 7.99. The van der Waals surface area contributed by atoms with Crippen molar-refractivity contribution in [2.75, 3.05) is 26.4 Å². The van der Waals surface area contributed by atoms with Crippen LogP contribution in [-0.2, 0) is 6.54 Å². The number of aromatic nitrogens is 4. The SMILES string of the molecule is CCSc1ncc(-c2nccn2CCN(C)C)cn1. The number of hydrogen-bond acceptors (Lipinski definition) is 5. The van der Waals surface area contributed by atoms with Gasteiger partial charge in [-0.05, 0) is 19.8 Å². The minimum Gasteiger partial charge on any atom is -0.330 e. The van der Waals surface area contributed by atoms with E-state index in [0.29, 0.717) is 0 Å². The monoisotopic (exact) mass is 277 g/mol. The summed E-state index contributed by atoms with van der Waals surface area (Å²) >= 11 is 1.64. The molecule has 0 saturated heterocycles. The summed E-state index contributed by atoms with van der Waals surface area (Å²) in [6.07, 6.45) is 7.51. The second kappa shape index (κ2) is 6.68. The maximum atomic E-state index is 4.40. The van der Waals surface area contributed by atoms with Crippen molar-refractivity contribution in [2.24, 2.45) is 0 Å². The van der Waals surface area contributed by atoms with Crippen molar-refractivity contribution in [2.45, 2.75) is 18.6 Å². The van der Waals surface area contributed by atoms with E-state index in [4.69, 9.17) is 0 Å². The van der Waals surface area contributed by atoms with Gasteiger partial charge < -0.3 is 9.47 Å². The van der Waals surface area contributed by atoms with Crippen molar-refractivity contribution in [1.29, 1.82) is 0 Å². The molecule has 0 aromatic carbocycles. The van der Waals surface area contributed by atoms with E-state index in [2.05, 4.69) is 45.4 Å². The van der Waals surface area contributed by atoms with Crippen molar-refractivity contribution in [3.8, 4) is 11.4 Å². The summed E-state index contributed by atoms with van der Waals surface area (Å²) in [5.41, 5.74) is 0.962. The van der Waals surface area contributed by atoms with Gasteiger partial charge in [0.15, 0.2) is 5.16 Å². The number of rotatable bonds is 6. The molecule has 5 nitrogen and oxygen atoms in total. The zero-order valence-corrected chi connectivity index (χ0v) is 12.4. The second-order valence-corrected chi connectivity index (χ2v) is 5.67. The Balaban J connectivity index is 2.15. The van der Waals surface area contributed by atoms with Gasteiger partial charge in [0, 0.05) is 37.9 Å². The van der Waals surface area contributed by atoms with Gasteiger partial charge in [-0.3, -0.25) is 0 Å². The zero-order chi connectivity index (χ0) is 13.7. The Kier molecular flexibility index (Phi) is 4.93. The lowest BCUT2D eigenvalue weighted by atomic mass is 10.3. The first-order valence-electron chi connectivity index (χ1n) is 6.31. The van der Waals surface area contributed by atoms with Crippen LogP contribution < -0.4 is 0 Å². The molecule has 0 aliphatic rings. The fourth-order valence-electron chi connectivity index (χ4n) is 1.69. The number of hydrogen-bond donors (Lipinski definition) is 0. The van der Waals surface area contributed by atoms with Gasteiger partial charge in [0.1, 0.15) is 5.82 Å². The molecule has 2 rings (SSSR count). The number of imidazole rings is 1. The molecule has 2 aromatic heterocycles. The predicted molar refractivity (Wildman–Crippen MR) is 78.2 cm³/mol. The van der Waals surface area contributed by atoms with Crippen molar-refractivity contribution in [1.82, 2.24) is 24.4 Å². The highest BCUT2D eigenvalue weighted by atomic mass is 32.2. The molecule has 0 N–H and O–H groups in total. The molecule has 2 aromatic rings. The van der Waals surface area contributed by atoms with E-state index >= 15 is 0 Å². The smallest absolute Gasteiger partial charge is 0.187 e. The molecule has 6 heteroatoms. The average molecular weight is 277 g/mol. The molecule has 19 heavy (non-hydrogen) atoms. The lowest BCUT2D eigenvalue weighted by Crippen LogP contribution is -2.18. The van der Waals surface area contributed by atoms with Crippen LogP contribution in [0.4, 0.5) is 0 Å². The first-order chi connectivity index (χ1) is 9.20. The highest BCUT2D eigenvalue weighted by Crippen LogP contribution is 2.18. The molecule has 0 atom stereocenters. The Morgan fingerprint density at radius 1 is 1.21 bits per heavy atom. The molecule has 0 bridgehead atoms. The van der Waals surface area contributed by atoms with Crippen LogP contribution in [0.2, 0.25) is 0 Å². The van der Waals surface area contributed by atoms with Crippen LogP contribution in [0.3, 0.4) is 0 Å². The van der Waals surface area contributed by atoms with Crippen molar-refractivity contribution in [3.05, 3.63) is 24.8 Å². The first-order valence-corrected chi connectivity index (χ1v) is 7.30. The van der Waals surface area contributed by atoms with Gasteiger partial charge in [-0.2, -0.15) is 0 Å². The Hall–Kier alpha value is -1.40. The van der Waals surface area contributed by atoms with Crippen LogP contribution in [-0.4, -0.2) is 50.8 Å². The molecule has 102 valence electrons. The lowest BCUT2D eigenvalue weighted by Gasteiger charge is -2.12. The first kappa shape index (κ1) is 14.0. The van der Waals surface area contributed by atoms with Crippen LogP contribution in [0.1, 0.15) is 6.92 Å². The van der Waals surface area contributed by atoms with Gasteiger partial charge in [0.2, 0.25) is 0 Å². The number of nitrogens with zero attached hydrogens (tertiary/aromatic N) is 5. The van der Waals surface area contributed by atoms with Crippen molar-refractivity contribution >= 4 is 11.8 Å². The van der Waals surface area contributed by atoms with Gasteiger partial charge in [-0.25, -0.2) is 15.0 Å². The lowest BCUT2D eigenvalue weighted by molar-refractivity contribution is 0.385. The molecule has 0 aliphatic heterocycles. The quantitative estimate of drug-likeness (QED) is 0.597. The predicted octanol–water partition coefficient (Wildman–Crippen LogP) is 2.01. The zero-order valence-electron chi connectivity index (χ0n) is 11.6. The van der Waals surface area contributed by atoms with E-state index in [1.807, 2.05) is 24.8 Å². The fourth-order valence-corrected chi connectivity index (χ4v) is 2.21. The summed E-state index contributed by atoms with van der Waals surface area (Å²) < 4.78 is 2.13. The minimum absolute atomic E-state index is 0.817. The molecule has 0 unspecified atom stereocenters. The van der Waals surface area contributed by atoms with E-state index < -0.39 is 0 Å². The second-order valence-electron chi connectivity index (χ2n) is 4.43. The normalized spacial score (nSPS) is 11.2. The van der Waals surface area contributed by atoms with E-state index in [1.165, 1.54) is 0 Å². The molecule has 0 saturated carbocycles. The van der Waals surface area contributed by atoms with Crippen LogP contribution in [0.15, 0.2) is 29.9 Å². The number of thioether (sulfide) groups is 1. The summed E-state index contributed by atoms with van der Waals surface area (Å²) in [4.78, 5) is 15.2. The van der Waals surface area contributed by atoms with Gasteiger partial charge in [-0.15, -0.1) is 0 Å². The third-order valence-electron chi connectivity index (χ3n) is 2.66. The third kappa shape index (κ3) is 3.78. The summed E-state index contributed by atoms with van der Waals surface area (Å²) in [7, 11) is 4.13. The Morgan fingerprint density at radius 2 is 1.95 bits per heavy atom. The fraction of sp³-hybridized carbons (Fsp3) is 0.462. The summed E-state index contributed by atoms with van der Waals surface area (Å²) in [5.74, 6) is 1.91. The van der Waals surface area contributed by atoms with Gasteiger partial charge >= 0.3 is 0 Å². The third-order valence-corrected chi connectivity index (χ3v) is 3.42. The maximum Gasteiger partial charge on any atom is 0.187 e. The van der Waals surface area contributed by atoms with E-state index in [1.54, 1.807) is 11.8 Å². The standard InChI is InChI=1S/C13H19N5S/c1-4-19-13-15-9-11(10-16-13)12-14-5-6-18(12)8-7-17(2)3/h5-6,9-10H,4,7-8H2,1-3H3. The van der Waals surface area contributed by atoms with Crippen LogP contribution in [0.5, 0.6) is 0 Å². The van der Waals surface area contributed by atoms with Crippen molar-refractivity contribution in [3.63, 3.8) is 0 Å². The van der Waals surface area contributed by atoms with Crippen LogP contribution in [0, 0.1) is 0 Å². The maximum absolute atomic E-state index is 4.40. The molecule has 2 heterocycles. The van der Waals surface area contributed by atoms with E-state index in [9.17, 15) is 0 Å². The minimum atomic E-state index is 0.817. The summed E-state index contributed by atoms with van der Waals surface area (Å²) in [5, 5.41) is 0.817. The molecule has 0 radical (unpaired) electrons. The van der Waals surface area contributed by atoms with E-state index in [-0.39, 0.29) is 0 Å². The van der Waals surface area contributed by atoms with Gasteiger partial charge in [0.05, 0.1) is 5.56 Å². The largest absolute Gasteiger partial charge is 0.330 e. The molecule has 0 amide bonds. The average Bonchev–Trinajstić information content (AvgIpc) is 2.86. The number of likely N-dealkylation sites (N-methyl/N-ethyl adjacent to an activating group) is 1. The highest BCUT2D eigenvalue weighted by Gasteiger charge is 2.07. The molecular formula is C13H19N5S. The van der Waals surface area contributed by atoms with Gasteiger partial charge in [0.25, 0.3) is 0 Å². The summed E-state index contributed by atoms with van der Waals surface area (Å²) in [6.45, 7) is 3.98. The van der Waals surface area contributed by atoms with E-state index in [0.717, 1.165) is 35.4 Å².